The number of anilines is 1. The minimum Gasteiger partial charge on any atom is -0.372 e. The molecule has 0 spiro atoms. The van der Waals surface area contributed by atoms with E-state index in [1.165, 1.54) is 11.1 Å². The number of rotatable bonds is 6. The molecule has 1 N–H and O–H groups in total. The Morgan fingerprint density at radius 1 is 1.26 bits per heavy atom. The standard InChI is InChI=1S/C16H25N3/c1-6-7-18-16(4,11-17)12-19(5)15-9-13(2)8-14(3)10-15/h8-10,18H,6-7,12H2,1-5H3. The third-order valence-corrected chi connectivity index (χ3v) is 3.21. The molecule has 0 fully saturated rings. The summed E-state index contributed by atoms with van der Waals surface area (Å²) in [4.78, 5) is 2.14. The minimum absolute atomic E-state index is 0.511. The second kappa shape index (κ2) is 6.58. The van der Waals surface area contributed by atoms with Crippen molar-refractivity contribution in [3.05, 3.63) is 29.3 Å². The van der Waals surface area contributed by atoms with E-state index in [4.69, 9.17) is 0 Å². The van der Waals surface area contributed by atoms with Crippen molar-refractivity contribution >= 4 is 5.69 Å². The van der Waals surface area contributed by atoms with Gasteiger partial charge in [0.25, 0.3) is 0 Å². The van der Waals surface area contributed by atoms with Crippen LogP contribution >= 0.6 is 0 Å². The lowest BCUT2D eigenvalue weighted by molar-refractivity contribution is 0.449. The third kappa shape index (κ3) is 4.57. The first-order chi connectivity index (χ1) is 8.90. The SMILES string of the molecule is CCCNC(C)(C#N)CN(C)c1cc(C)cc(C)c1. The topological polar surface area (TPSA) is 39.1 Å². The van der Waals surface area contributed by atoms with Crippen LogP contribution in [0.2, 0.25) is 0 Å². The van der Waals surface area contributed by atoms with Crippen molar-refractivity contribution in [1.29, 1.82) is 5.26 Å². The van der Waals surface area contributed by atoms with Gasteiger partial charge in [0.2, 0.25) is 0 Å². The molecule has 1 unspecified atom stereocenters. The highest BCUT2D eigenvalue weighted by Gasteiger charge is 2.24. The van der Waals surface area contributed by atoms with Gasteiger partial charge in [-0.25, -0.2) is 0 Å². The van der Waals surface area contributed by atoms with Crippen molar-refractivity contribution in [2.45, 2.75) is 39.7 Å². The Morgan fingerprint density at radius 3 is 2.32 bits per heavy atom. The van der Waals surface area contributed by atoms with Gasteiger partial charge >= 0.3 is 0 Å². The Balaban J connectivity index is 2.82. The summed E-state index contributed by atoms with van der Waals surface area (Å²) in [6, 6.07) is 8.87. The average molecular weight is 259 g/mol. The molecule has 0 aliphatic carbocycles. The summed E-state index contributed by atoms with van der Waals surface area (Å²) in [6.07, 6.45) is 1.03. The zero-order valence-electron chi connectivity index (χ0n) is 12.7. The van der Waals surface area contributed by atoms with Gasteiger partial charge in [-0.15, -0.1) is 0 Å². The maximum absolute atomic E-state index is 9.38. The molecule has 0 heterocycles. The predicted octanol–water partition coefficient (Wildman–Crippen LogP) is 3.02. The fourth-order valence-electron chi connectivity index (χ4n) is 2.27. The number of nitrogens with zero attached hydrogens (tertiary/aromatic N) is 2. The molecule has 1 rings (SSSR count). The Kier molecular flexibility index (Phi) is 5.38. The van der Waals surface area contributed by atoms with E-state index in [9.17, 15) is 5.26 Å². The van der Waals surface area contributed by atoms with E-state index in [-0.39, 0.29) is 0 Å². The van der Waals surface area contributed by atoms with Crippen LogP contribution in [0.1, 0.15) is 31.4 Å². The van der Waals surface area contributed by atoms with Crippen molar-refractivity contribution < 1.29 is 0 Å². The zero-order chi connectivity index (χ0) is 14.5. The molecule has 0 bridgehead atoms. The molecule has 0 saturated carbocycles. The van der Waals surface area contributed by atoms with Gasteiger partial charge in [-0.3, -0.25) is 5.32 Å². The fraction of sp³-hybridized carbons (Fsp3) is 0.562. The van der Waals surface area contributed by atoms with Crippen molar-refractivity contribution in [3.8, 4) is 6.07 Å². The van der Waals surface area contributed by atoms with Crippen LogP contribution in [0, 0.1) is 25.2 Å². The number of nitriles is 1. The molecule has 104 valence electrons. The van der Waals surface area contributed by atoms with E-state index in [1.807, 2.05) is 14.0 Å². The largest absolute Gasteiger partial charge is 0.372 e. The monoisotopic (exact) mass is 259 g/mol. The number of hydrogen-bond acceptors (Lipinski definition) is 3. The second-order valence-electron chi connectivity index (χ2n) is 5.57. The van der Waals surface area contributed by atoms with Gasteiger partial charge in [-0.05, 0) is 57.0 Å². The lowest BCUT2D eigenvalue weighted by atomic mass is 10.0. The van der Waals surface area contributed by atoms with E-state index in [2.05, 4.69) is 55.3 Å². The van der Waals surface area contributed by atoms with Crippen molar-refractivity contribution in [2.24, 2.45) is 0 Å². The normalized spacial score (nSPS) is 13.7. The molecule has 0 saturated heterocycles. The highest BCUT2D eigenvalue weighted by atomic mass is 15.1. The van der Waals surface area contributed by atoms with Crippen LogP contribution in [0.4, 0.5) is 5.69 Å². The Labute approximate surface area is 117 Å². The van der Waals surface area contributed by atoms with Gasteiger partial charge in [0.1, 0.15) is 5.54 Å². The van der Waals surface area contributed by atoms with Crippen molar-refractivity contribution in [2.75, 3.05) is 25.0 Å². The first kappa shape index (κ1) is 15.5. The molecular weight excluding hydrogens is 234 g/mol. The van der Waals surface area contributed by atoms with Gasteiger partial charge < -0.3 is 4.90 Å². The molecular formula is C16H25N3. The molecule has 3 nitrogen and oxygen atoms in total. The number of aryl methyl sites for hydroxylation is 2. The highest BCUT2D eigenvalue weighted by molar-refractivity contribution is 5.51. The summed E-state index contributed by atoms with van der Waals surface area (Å²) >= 11 is 0. The summed E-state index contributed by atoms with van der Waals surface area (Å²) < 4.78 is 0. The number of nitrogens with one attached hydrogen (secondary N) is 1. The lowest BCUT2D eigenvalue weighted by Crippen LogP contribution is -2.50. The van der Waals surface area contributed by atoms with Gasteiger partial charge in [-0.2, -0.15) is 5.26 Å². The first-order valence-electron chi connectivity index (χ1n) is 6.86. The molecule has 19 heavy (non-hydrogen) atoms. The molecule has 1 aromatic carbocycles. The molecule has 0 aromatic heterocycles. The summed E-state index contributed by atoms with van der Waals surface area (Å²) in [7, 11) is 2.04. The van der Waals surface area contributed by atoms with E-state index >= 15 is 0 Å². The van der Waals surface area contributed by atoms with E-state index in [1.54, 1.807) is 0 Å². The Bertz CT molecular complexity index is 441. The van der Waals surface area contributed by atoms with Crippen LogP contribution in [-0.4, -0.2) is 25.7 Å². The maximum atomic E-state index is 9.38. The molecule has 0 amide bonds. The van der Waals surface area contributed by atoms with E-state index in [0.717, 1.165) is 18.7 Å². The predicted molar refractivity (Wildman–Crippen MR) is 81.5 cm³/mol. The van der Waals surface area contributed by atoms with Gasteiger partial charge in [-0.1, -0.05) is 13.0 Å². The molecule has 0 aliphatic rings. The summed E-state index contributed by atoms with van der Waals surface area (Å²) in [6.45, 7) is 9.81. The molecule has 3 heteroatoms. The summed E-state index contributed by atoms with van der Waals surface area (Å²) in [5.41, 5.74) is 3.16. The lowest BCUT2D eigenvalue weighted by Gasteiger charge is -2.30. The third-order valence-electron chi connectivity index (χ3n) is 3.21. The molecule has 1 aromatic rings. The Hall–Kier alpha value is -1.53. The van der Waals surface area contributed by atoms with Crippen LogP contribution < -0.4 is 10.2 Å². The maximum Gasteiger partial charge on any atom is 0.121 e. The molecule has 0 aliphatic heterocycles. The van der Waals surface area contributed by atoms with Crippen molar-refractivity contribution in [1.82, 2.24) is 5.32 Å². The fourth-order valence-corrected chi connectivity index (χ4v) is 2.27. The second-order valence-corrected chi connectivity index (χ2v) is 5.57. The van der Waals surface area contributed by atoms with E-state index < -0.39 is 5.54 Å². The average Bonchev–Trinajstić information content (AvgIpc) is 2.35. The van der Waals surface area contributed by atoms with Crippen LogP contribution in [0.25, 0.3) is 0 Å². The molecule has 1 atom stereocenters. The minimum atomic E-state index is -0.511. The Morgan fingerprint density at radius 2 is 1.84 bits per heavy atom. The van der Waals surface area contributed by atoms with Crippen LogP contribution in [-0.2, 0) is 0 Å². The summed E-state index contributed by atoms with van der Waals surface area (Å²) in [5, 5.41) is 12.7. The van der Waals surface area contributed by atoms with Gasteiger partial charge in [0, 0.05) is 19.3 Å². The van der Waals surface area contributed by atoms with Crippen LogP contribution in [0.15, 0.2) is 18.2 Å². The molecule has 0 radical (unpaired) electrons. The zero-order valence-corrected chi connectivity index (χ0v) is 12.7. The number of benzene rings is 1. The first-order valence-corrected chi connectivity index (χ1v) is 6.86. The summed E-state index contributed by atoms with van der Waals surface area (Å²) in [5.74, 6) is 0. The highest BCUT2D eigenvalue weighted by Crippen LogP contribution is 2.19. The van der Waals surface area contributed by atoms with Crippen LogP contribution in [0.5, 0.6) is 0 Å². The van der Waals surface area contributed by atoms with E-state index in [0.29, 0.717) is 6.54 Å². The van der Waals surface area contributed by atoms with Gasteiger partial charge in [0.15, 0.2) is 0 Å². The van der Waals surface area contributed by atoms with Crippen LogP contribution in [0.3, 0.4) is 0 Å². The number of hydrogen-bond donors (Lipinski definition) is 1. The smallest absolute Gasteiger partial charge is 0.121 e. The van der Waals surface area contributed by atoms with Crippen molar-refractivity contribution in [3.63, 3.8) is 0 Å². The quantitative estimate of drug-likeness (QED) is 0.853. The van der Waals surface area contributed by atoms with Gasteiger partial charge in [0.05, 0.1) is 6.07 Å². The number of likely N-dealkylation sites (N-methyl/N-ethyl adjacent to an activating group) is 1.